The summed E-state index contributed by atoms with van der Waals surface area (Å²) in [5.74, 6) is 0. The number of unbranched alkanes of at least 4 members (excludes halogenated alkanes) is 6. The number of hydrogen-bond donors (Lipinski definition) is 1. The molecule has 0 saturated carbocycles. The van der Waals surface area contributed by atoms with Crippen LogP contribution in [0.3, 0.4) is 0 Å². The molecule has 0 bridgehead atoms. The minimum Gasteiger partial charge on any atom is -0.309 e. The summed E-state index contributed by atoms with van der Waals surface area (Å²) >= 11 is 1.77. The van der Waals surface area contributed by atoms with Crippen molar-refractivity contribution in [1.29, 1.82) is 0 Å². The maximum Gasteiger partial charge on any atom is 0.0794 e. The third-order valence-electron chi connectivity index (χ3n) is 3.34. The van der Waals surface area contributed by atoms with Gasteiger partial charge in [0.15, 0.2) is 0 Å². The van der Waals surface area contributed by atoms with Crippen molar-refractivity contribution in [3.63, 3.8) is 0 Å². The molecule has 0 spiro atoms. The molecule has 104 valence electrons. The van der Waals surface area contributed by atoms with Crippen molar-refractivity contribution in [2.45, 2.75) is 71.3 Å². The lowest BCUT2D eigenvalue weighted by atomic mass is 10.0. The molecule has 0 aliphatic heterocycles. The van der Waals surface area contributed by atoms with Gasteiger partial charge in [-0.1, -0.05) is 58.8 Å². The van der Waals surface area contributed by atoms with Crippen LogP contribution < -0.4 is 5.32 Å². The van der Waals surface area contributed by atoms with Gasteiger partial charge in [0.1, 0.15) is 0 Å². The Kier molecular flexibility index (Phi) is 9.13. The van der Waals surface area contributed by atoms with Crippen LogP contribution in [0.1, 0.15) is 76.1 Å². The van der Waals surface area contributed by atoms with Crippen molar-refractivity contribution >= 4 is 11.3 Å². The molecule has 1 unspecified atom stereocenters. The second-order valence-electron chi connectivity index (χ2n) is 4.92. The first-order valence-corrected chi connectivity index (χ1v) is 8.38. The van der Waals surface area contributed by atoms with Gasteiger partial charge in [0.05, 0.1) is 5.51 Å². The highest BCUT2D eigenvalue weighted by Gasteiger charge is 2.10. The molecule has 1 N–H and O–H groups in total. The lowest BCUT2D eigenvalue weighted by Crippen LogP contribution is -2.19. The first-order chi connectivity index (χ1) is 8.88. The summed E-state index contributed by atoms with van der Waals surface area (Å²) in [5, 5.41) is 3.57. The van der Waals surface area contributed by atoms with Crippen molar-refractivity contribution in [1.82, 2.24) is 10.3 Å². The van der Waals surface area contributed by atoms with Crippen LogP contribution >= 0.6 is 11.3 Å². The fourth-order valence-corrected chi connectivity index (χ4v) is 3.03. The molecule has 1 aromatic rings. The van der Waals surface area contributed by atoms with Gasteiger partial charge in [-0.05, 0) is 13.0 Å². The minimum absolute atomic E-state index is 0.526. The Morgan fingerprint density at radius 1 is 1.11 bits per heavy atom. The summed E-state index contributed by atoms with van der Waals surface area (Å²) < 4.78 is 0. The molecule has 0 aromatic carbocycles. The van der Waals surface area contributed by atoms with Gasteiger partial charge in [-0.15, -0.1) is 11.3 Å². The van der Waals surface area contributed by atoms with Gasteiger partial charge in [0.2, 0.25) is 0 Å². The molecule has 0 aliphatic carbocycles. The van der Waals surface area contributed by atoms with Crippen LogP contribution in [0.5, 0.6) is 0 Å². The second-order valence-corrected chi connectivity index (χ2v) is 5.84. The van der Waals surface area contributed by atoms with E-state index in [4.69, 9.17) is 0 Å². The molecule has 0 saturated heterocycles. The largest absolute Gasteiger partial charge is 0.309 e. The Bertz CT molecular complexity index is 272. The van der Waals surface area contributed by atoms with Crippen molar-refractivity contribution in [2.75, 3.05) is 6.54 Å². The molecule has 0 amide bonds. The maximum atomic E-state index is 4.18. The summed E-state index contributed by atoms with van der Waals surface area (Å²) in [6.45, 7) is 5.49. The summed E-state index contributed by atoms with van der Waals surface area (Å²) in [6, 6.07) is 0.526. The summed E-state index contributed by atoms with van der Waals surface area (Å²) in [7, 11) is 0. The fourth-order valence-electron chi connectivity index (χ4n) is 2.29. The molecule has 1 rings (SSSR count). The van der Waals surface area contributed by atoms with E-state index in [2.05, 4.69) is 24.1 Å². The first kappa shape index (κ1) is 15.6. The molecule has 1 aromatic heterocycles. The smallest absolute Gasteiger partial charge is 0.0794 e. The van der Waals surface area contributed by atoms with Crippen LogP contribution in [0.25, 0.3) is 0 Å². The number of thiazole rings is 1. The Morgan fingerprint density at radius 3 is 2.44 bits per heavy atom. The van der Waals surface area contributed by atoms with Crippen molar-refractivity contribution in [2.24, 2.45) is 0 Å². The Balaban J connectivity index is 2.11. The quantitative estimate of drug-likeness (QED) is 0.575. The Morgan fingerprint density at radius 2 is 1.83 bits per heavy atom. The maximum absolute atomic E-state index is 4.18. The van der Waals surface area contributed by atoms with Crippen LogP contribution in [-0.4, -0.2) is 11.5 Å². The Hall–Kier alpha value is -0.410. The molecule has 0 fully saturated rings. The van der Waals surface area contributed by atoms with E-state index >= 15 is 0 Å². The molecular weight excluding hydrogens is 240 g/mol. The summed E-state index contributed by atoms with van der Waals surface area (Å²) in [5.41, 5.74) is 1.93. The van der Waals surface area contributed by atoms with Crippen LogP contribution in [0.4, 0.5) is 0 Å². The van der Waals surface area contributed by atoms with Gasteiger partial charge in [0.25, 0.3) is 0 Å². The molecule has 3 heteroatoms. The van der Waals surface area contributed by atoms with Gasteiger partial charge in [0, 0.05) is 17.1 Å². The zero-order chi connectivity index (χ0) is 13.1. The molecule has 0 radical (unpaired) electrons. The van der Waals surface area contributed by atoms with Gasteiger partial charge in [-0.25, -0.2) is 0 Å². The average Bonchev–Trinajstić information content (AvgIpc) is 2.90. The van der Waals surface area contributed by atoms with Crippen molar-refractivity contribution < 1.29 is 0 Å². The monoisotopic (exact) mass is 268 g/mol. The number of nitrogens with zero attached hydrogens (tertiary/aromatic N) is 1. The van der Waals surface area contributed by atoms with Crippen molar-refractivity contribution in [3.05, 3.63) is 16.6 Å². The van der Waals surface area contributed by atoms with Crippen molar-refractivity contribution in [3.8, 4) is 0 Å². The molecule has 0 aliphatic rings. The predicted octanol–water partition coefficient (Wildman–Crippen LogP) is 4.93. The highest BCUT2D eigenvalue weighted by molar-refractivity contribution is 7.09. The minimum atomic E-state index is 0.526. The third kappa shape index (κ3) is 6.50. The van der Waals surface area contributed by atoms with E-state index in [1.807, 2.05) is 11.7 Å². The van der Waals surface area contributed by atoms with Gasteiger partial charge < -0.3 is 5.32 Å². The predicted molar refractivity (Wildman–Crippen MR) is 81.1 cm³/mol. The number of hydrogen-bond acceptors (Lipinski definition) is 3. The molecule has 1 atom stereocenters. The van der Waals surface area contributed by atoms with E-state index in [1.165, 1.54) is 56.2 Å². The topological polar surface area (TPSA) is 24.9 Å². The van der Waals surface area contributed by atoms with Crippen LogP contribution in [-0.2, 0) is 0 Å². The van der Waals surface area contributed by atoms with Gasteiger partial charge in [-0.2, -0.15) is 0 Å². The lowest BCUT2D eigenvalue weighted by Gasteiger charge is -2.15. The fraction of sp³-hybridized carbons (Fsp3) is 0.800. The second kappa shape index (κ2) is 10.5. The number of aromatic nitrogens is 1. The van der Waals surface area contributed by atoms with Crippen LogP contribution in [0.2, 0.25) is 0 Å². The SMILES string of the molecule is CCCCCCCCCC(NCC)c1cncs1. The highest BCUT2D eigenvalue weighted by atomic mass is 32.1. The molecular formula is C15H28N2S. The zero-order valence-corrected chi connectivity index (χ0v) is 12.8. The Labute approximate surface area is 116 Å². The molecule has 2 nitrogen and oxygen atoms in total. The zero-order valence-electron chi connectivity index (χ0n) is 12.0. The third-order valence-corrected chi connectivity index (χ3v) is 4.23. The number of rotatable bonds is 11. The number of nitrogens with one attached hydrogen (secondary N) is 1. The van der Waals surface area contributed by atoms with E-state index in [0.717, 1.165) is 6.54 Å². The van der Waals surface area contributed by atoms with E-state index in [1.54, 1.807) is 11.3 Å². The van der Waals surface area contributed by atoms with E-state index < -0.39 is 0 Å². The van der Waals surface area contributed by atoms with E-state index in [9.17, 15) is 0 Å². The summed E-state index contributed by atoms with van der Waals surface area (Å²) in [6.07, 6.45) is 13.0. The van der Waals surface area contributed by atoms with Crippen LogP contribution in [0.15, 0.2) is 11.7 Å². The summed E-state index contributed by atoms with van der Waals surface area (Å²) in [4.78, 5) is 5.57. The van der Waals surface area contributed by atoms with Gasteiger partial charge in [-0.3, -0.25) is 4.98 Å². The highest BCUT2D eigenvalue weighted by Crippen LogP contribution is 2.23. The standard InChI is InChI=1S/C15H28N2S/c1-3-5-6-7-8-9-10-11-14(17-4-2)15-12-16-13-18-15/h12-14,17H,3-11H2,1-2H3. The molecule has 1 heterocycles. The molecule has 18 heavy (non-hydrogen) atoms. The van der Waals surface area contributed by atoms with E-state index in [0.29, 0.717) is 6.04 Å². The lowest BCUT2D eigenvalue weighted by molar-refractivity contribution is 0.480. The average molecular weight is 268 g/mol. The van der Waals surface area contributed by atoms with E-state index in [-0.39, 0.29) is 0 Å². The van der Waals surface area contributed by atoms with Gasteiger partial charge >= 0.3 is 0 Å². The normalized spacial score (nSPS) is 12.8. The van der Waals surface area contributed by atoms with Crippen LogP contribution in [0, 0.1) is 0 Å². The first-order valence-electron chi connectivity index (χ1n) is 7.50.